The highest BCUT2D eigenvalue weighted by Crippen LogP contribution is 2.29. The average Bonchev–Trinajstić information content (AvgIpc) is 3.24. The zero-order valence-electron chi connectivity index (χ0n) is 14.2. The molecule has 2 amide bonds. The van der Waals surface area contributed by atoms with E-state index >= 15 is 0 Å². The van der Waals surface area contributed by atoms with Crippen LogP contribution in [0, 0.1) is 5.92 Å². The Morgan fingerprint density at radius 1 is 1.20 bits per heavy atom. The van der Waals surface area contributed by atoms with E-state index in [1.165, 1.54) is 0 Å². The normalized spacial score (nSPS) is 20.9. The molecule has 1 aliphatic carbocycles. The molecule has 2 fully saturated rings. The molecular formula is C19H24N2O4. The van der Waals surface area contributed by atoms with Gasteiger partial charge in [-0.25, -0.2) is 4.79 Å². The molecule has 0 spiro atoms. The Morgan fingerprint density at radius 2 is 1.92 bits per heavy atom. The van der Waals surface area contributed by atoms with Crippen molar-refractivity contribution in [3.05, 3.63) is 35.4 Å². The van der Waals surface area contributed by atoms with E-state index in [4.69, 9.17) is 0 Å². The largest absolute Gasteiger partial charge is 0.478 e. The van der Waals surface area contributed by atoms with E-state index in [0.717, 1.165) is 25.7 Å². The predicted molar refractivity (Wildman–Crippen MR) is 92.2 cm³/mol. The first kappa shape index (κ1) is 17.5. The number of benzene rings is 1. The van der Waals surface area contributed by atoms with Gasteiger partial charge in [-0.3, -0.25) is 9.59 Å². The number of carboxylic acid groups (broad SMARTS) is 1. The zero-order chi connectivity index (χ0) is 17.8. The van der Waals surface area contributed by atoms with Crippen LogP contribution in [0.5, 0.6) is 0 Å². The number of nitrogens with one attached hydrogen (secondary N) is 1. The first-order valence-electron chi connectivity index (χ1n) is 8.94. The summed E-state index contributed by atoms with van der Waals surface area (Å²) in [5, 5.41) is 12.0. The van der Waals surface area contributed by atoms with Gasteiger partial charge in [0.15, 0.2) is 0 Å². The minimum absolute atomic E-state index is 0.0864. The van der Waals surface area contributed by atoms with Crippen molar-refractivity contribution in [2.75, 3.05) is 13.1 Å². The van der Waals surface area contributed by atoms with Gasteiger partial charge in [0.05, 0.1) is 11.5 Å². The second-order valence-corrected chi connectivity index (χ2v) is 6.89. The summed E-state index contributed by atoms with van der Waals surface area (Å²) in [4.78, 5) is 37.6. The van der Waals surface area contributed by atoms with E-state index in [1.807, 2.05) is 4.90 Å². The third kappa shape index (κ3) is 4.00. The van der Waals surface area contributed by atoms with Gasteiger partial charge in [0, 0.05) is 25.6 Å². The van der Waals surface area contributed by atoms with Crippen LogP contribution >= 0.6 is 0 Å². The minimum Gasteiger partial charge on any atom is -0.478 e. The summed E-state index contributed by atoms with van der Waals surface area (Å²) in [7, 11) is 0. The number of rotatable bonds is 6. The Labute approximate surface area is 147 Å². The van der Waals surface area contributed by atoms with Gasteiger partial charge in [-0.05, 0) is 30.9 Å². The number of hydrogen-bond donors (Lipinski definition) is 2. The molecule has 1 heterocycles. The van der Waals surface area contributed by atoms with Crippen LogP contribution in [0.4, 0.5) is 0 Å². The third-order valence-electron chi connectivity index (χ3n) is 5.24. The summed E-state index contributed by atoms with van der Waals surface area (Å²) >= 11 is 0. The molecule has 1 aromatic carbocycles. The maximum absolute atomic E-state index is 12.4. The highest BCUT2D eigenvalue weighted by molar-refractivity contribution is 5.90. The van der Waals surface area contributed by atoms with Crippen LogP contribution in [0.25, 0.3) is 0 Å². The number of nitrogens with zero attached hydrogens (tertiary/aromatic N) is 1. The summed E-state index contributed by atoms with van der Waals surface area (Å²) in [6, 6.07) is 7.12. The van der Waals surface area contributed by atoms with Crippen LogP contribution in [0.1, 0.15) is 48.0 Å². The monoisotopic (exact) mass is 344 g/mol. The molecular weight excluding hydrogens is 320 g/mol. The first-order chi connectivity index (χ1) is 12.1. The average molecular weight is 344 g/mol. The molecule has 2 N–H and O–H groups in total. The van der Waals surface area contributed by atoms with Crippen molar-refractivity contribution in [3.63, 3.8) is 0 Å². The lowest BCUT2D eigenvalue weighted by atomic mass is 10.0. The van der Waals surface area contributed by atoms with Crippen molar-refractivity contribution in [1.82, 2.24) is 10.2 Å². The van der Waals surface area contributed by atoms with Crippen molar-refractivity contribution >= 4 is 17.8 Å². The number of amides is 2. The quantitative estimate of drug-likeness (QED) is 0.824. The SMILES string of the molecule is O=C(O)c1ccccc1CCNC(=O)C1CC(=O)N(C2CCCC2)C1. The topological polar surface area (TPSA) is 86.7 Å². The molecule has 2 aliphatic rings. The van der Waals surface area contributed by atoms with Crippen LogP contribution in [0.2, 0.25) is 0 Å². The molecule has 1 atom stereocenters. The predicted octanol–water partition coefficient (Wildman–Crippen LogP) is 1.83. The molecule has 1 saturated carbocycles. The summed E-state index contributed by atoms with van der Waals surface area (Å²) in [5.74, 6) is -1.27. The zero-order valence-corrected chi connectivity index (χ0v) is 14.2. The van der Waals surface area contributed by atoms with Crippen molar-refractivity contribution in [1.29, 1.82) is 0 Å². The number of carbonyl (C=O) groups is 3. The molecule has 6 nitrogen and oxygen atoms in total. The lowest BCUT2D eigenvalue weighted by Gasteiger charge is -2.23. The molecule has 3 rings (SSSR count). The second-order valence-electron chi connectivity index (χ2n) is 6.89. The fourth-order valence-corrected chi connectivity index (χ4v) is 3.89. The van der Waals surface area contributed by atoms with E-state index in [1.54, 1.807) is 24.3 Å². The maximum Gasteiger partial charge on any atom is 0.335 e. The van der Waals surface area contributed by atoms with E-state index in [0.29, 0.717) is 31.1 Å². The van der Waals surface area contributed by atoms with Gasteiger partial charge in [0.25, 0.3) is 0 Å². The molecule has 0 aromatic heterocycles. The highest BCUT2D eigenvalue weighted by atomic mass is 16.4. The first-order valence-corrected chi connectivity index (χ1v) is 8.94. The molecule has 6 heteroatoms. The van der Waals surface area contributed by atoms with Gasteiger partial charge < -0.3 is 15.3 Å². The van der Waals surface area contributed by atoms with E-state index < -0.39 is 5.97 Å². The van der Waals surface area contributed by atoms with Crippen LogP contribution in [0.15, 0.2) is 24.3 Å². The van der Waals surface area contributed by atoms with Gasteiger partial charge in [0.2, 0.25) is 11.8 Å². The van der Waals surface area contributed by atoms with Crippen LogP contribution in [0.3, 0.4) is 0 Å². The number of carbonyl (C=O) groups excluding carboxylic acids is 2. The number of carboxylic acids is 1. The molecule has 1 aliphatic heterocycles. The summed E-state index contributed by atoms with van der Waals surface area (Å²) in [6.45, 7) is 0.887. The Hall–Kier alpha value is -2.37. The van der Waals surface area contributed by atoms with E-state index in [9.17, 15) is 19.5 Å². The molecule has 25 heavy (non-hydrogen) atoms. The van der Waals surface area contributed by atoms with Crippen molar-refractivity contribution in [2.24, 2.45) is 5.92 Å². The fraction of sp³-hybridized carbons (Fsp3) is 0.526. The standard InChI is InChI=1S/C19H24N2O4/c22-17-11-14(12-21(17)15-6-2-3-7-15)18(23)20-10-9-13-5-1-4-8-16(13)19(24)25/h1,4-5,8,14-15H,2-3,6-7,9-12H2,(H,20,23)(H,24,25). The van der Waals surface area contributed by atoms with E-state index in [-0.39, 0.29) is 29.7 Å². The van der Waals surface area contributed by atoms with Gasteiger partial charge in [-0.15, -0.1) is 0 Å². The van der Waals surface area contributed by atoms with Gasteiger partial charge in [-0.1, -0.05) is 31.0 Å². The Balaban J connectivity index is 1.50. The van der Waals surface area contributed by atoms with Gasteiger partial charge in [0.1, 0.15) is 0 Å². The summed E-state index contributed by atoms with van der Waals surface area (Å²) in [5.41, 5.74) is 0.964. The number of aromatic carboxylic acids is 1. The summed E-state index contributed by atoms with van der Waals surface area (Å²) in [6.07, 6.45) is 5.16. The van der Waals surface area contributed by atoms with Crippen molar-refractivity contribution < 1.29 is 19.5 Å². The maximum atomic E-state index is 12.4. The lowest BCUT2D eigenvalue weighted by Crippen LogP contribution is -2.37. The van der Waals surface area contributed by atoms with Crippen LogP contribution < -0.4 is 5.32 Å². The number of likely N-dealkylation sites (tertiary alicyclic amines) is 1. The van der Waals surface area contributed by atoms with Crippen molar-refractivity contribution in [3.8, 4) is 0 Å². The second kappa shape index (κ2) is 7.68. The molecule has 1 saturated heterocycles. The Morgan fingerprint density at radius 3 is 2.64 bits per heavy atom. The molecule has 0 bridgehead atoms. The van der Waals surface area contributed by atoms with Gasteiger partial charge in [-0.2, -0.15) is 0 Å². The lowest BCUT2D eigenvalue weighted by molar-refractivity contribution is -0.130. The molecule has 134 valence electrons. The fourth-order valence-electron chi connectivity index (χ4n) is 3.89. The Kier molecular flexibility index (Phi) is 5.36. The van der Waals surface area contributed by atoms with Crippen LogP contribution in [-0.2, 0) is 16.0 Å². The van der Waals surface area contributed by atoms with E-state index in [2.05, 4.69) is 5.32 Å². The molecule has 1 unspecified atom stereocenters. The molecule has 0 radical (unpaired) electrons. The minimum atomic E-state index is -0.962. The third-order valence-corrected chi connectivity index (χ3v) is 5.24. The highest BCUT2D eigenvalue weighted by Gasteiger charge is 2.38. The van der Waals surface area contributed by atoms with Crippen molar-refractivity contribution in [2.45, 2.75) is 44.6 Å². The molecule has 1 aromatic rings. The summed E-state index contributed by atoms with van der Waals surface area (Å²) < 4.78 is 0. The smallest absolute Gasteiger partial charge is 0.335 e. The van der Waals surface area contributed by atoms with Crippen LogP contribution in [-0.4, -0.2) is 46.9 Å². The Bertz CT molecular complexity index is 667. The van der Waals surface area contributed by atoms with Gasteiger partial charge >= 0.3 is 5.97 Å². The number of hydrogen-bond acceptors (Lipinski definition) is 3.